The lowest BCUT2D eigenvalue weighted by Gasteiger charge is -2.19. The third-order valence-corrected chi connectivity index (χ3v) is 9.70. The molecule has 2 aromatic rings. The lowest BCUT2D eigenvalue weighted by molar-refractivity contribution is 1.46. The van der Waals surface area contributed by atoms with E-state index in [1.165, 1.54) is 23.5 Å². The smallest absolute Gasteiger partial charge is 0.151 e. The quantitative estimate of drug-likeness (QED) is 0.183. The van der Waals surface area contributed by atoms with Crippen LogP contribution in [0.5, 0.6) is 0 Å². The van der Waals surface area contributed by atoms with Crippen molar-refractivity contribution in [2.24, 2.45) is 0 Å². The van der Waals surface area contributed by atoms with Crippen LogP contribution in [-0.2, 0) is 0 Å². The molecule has 2 nitrogen and oxygen atoms in total. The second-order valence-electron chi connectivity index (χ2n) is 5.58. The van der Waals surface area contributed by atoms with Gasteiger partial charge in [-0.1, -0.05) is 96.7 Å². The Morgan fingerprint density at radius 1 is 0.607 bits per heavy atom. The number of rotatable bonds is 2. The van der Waals surface area contributed by atoms with Gasteiger partial charge in [0.2, 0.25) is 0 Å². The summed E-state index contributed by atoms with van der Waals surface area (Å²) in [6, 6.07) is 16.1. The molecular weight excluding hydrogens is 690 g/mol. The van der Waals surface area contributed by atoms with Gasteiger partial charge >= 0.3 is 0 Å². The van der Waals surface area contributed by atoms with Crippen LogP contribution in [-0.4, -0.2) is 18.6 Å². The van der Waals surface area contributed by atoms with E-state index in [9.17, 15) is 0 Å². The van der Waals surface area contributed by atoms with Crippen LogP contribution >= 0.6 is 118 Å². The molecule has 0 amide bonds. The Balaban J connectivity index is 1.75. The molecule has 0 N–H and O–H groups in total. The zero-order chi connectivity index (χ0) is 20.0. The molecule has 2 saturated heterocycles. The van der Waals surface area contributed by atoms with Crippen LogP contribution < -0.4 is 9.80 Å². The van der Waals surface area contributed by atoms with Crippen LogP contribution in [0.1, 0.15) is 0 Å². The number of hydrogen-bond donors (Lipinski definition) is 0. The SMILES string of the molecule is S=C1S/C(=C2/SC(=S)N(c3ccccc3I)C2=S)C(=S)N1c1ccccc1I. The van der Waals surface area contributed by atoms with E-state index in [1.807, 2.05) is 58.3 Å². The Bertz CT molecular complexity index is 1010. The average molecular weight is 698 g/mol. The van der Waals surface area contributed by atoms with Gasteiger partial charge in [0.25, 0.3) is 0 Å². The van der Waals surface area contributed by atoms with Gasteiger partial charge < -0.3 is 0 Å². The fourth-order valence-corrected chi connectivity index (χ4v) is 7.92. The van der Waals surface area contributed by atoms with Gasteiger partial charge in [0, 0.05) is 7.14 Å². The number of hydrogen-bond acceptors (Lipinski definition) is 6. The maximum Gasteiger partial charge on any atom is 0.151 e. The monoisotopic (exact) mass is 698 g/mol. The summed E-state index contributed by atoms with van der Waals surface area (Å²) in [5, 5.41) is 0. The maximum atomic E-state index is 5.81. The Kier molecular flexibility index (Phi) is 6.77. The first kappa shape index (κ1) is 21.5. The number of benzene rings is 2. The summed E-state index contributed by atoms with van der Waals surface area (Å²) in [6.07, 6.45) is 0. The van der Waals surface area contributed by atoms with E-state index >= 15 is 0 Å². The van der Waals surface area contributed by atoms with E-state index < -0.39 is 0 Å². The molecule has 2 aliphatic rings. The van der Waals surface area contributed by atoms with Crippen LogP contribution in [0.25, 0.3) is 0 Å². The Hall–Kier alpha value is 0.300. The van der Waals surface area contributed by atoms with Crippen LogP contribution in [0.3, 0.4) is 0 Å². The van der Waals surface area contributed by atoms with E-state index in [0.717, 1.165) is 28.3 Å². The summed E-state index contributed by atoms with van der Waals surface area (Å²) in [5.41, 5.74) is 1.99. The maximum absolute atomic E-state index is 5.81. The second kappa shape index (κ2) is 8.81. The zero-order valence-corrected chi connectivity index (χ0v) is 22.9. The number of anilines is 2. The second-order valence-corrected chi connectivity index (χ2v) is 12.0. The molecule has 0 radical (unpaired) electrons. The minimum absolute atomic E-state index is 0.677. The largest absolute Gasteiger partial charge is 0.284 e. The summed E-state index contributed by atoms with van der Waals surface area (Å²) < 4.78 is 3.60. The highest BCUT2D eigenvalue weighted by molar-refractivity contribution is 14.1. The van der Waals surface area contributed by atoms with Gasteiger partial charge in [0.15, 0.2) is 8.64 Å². The van der Waals surface area contributed by atoms with Gasteiger partial charge in [0.1, 0.15) is 9.98 Å². The van der Waals surface area contributed by atoms with Crippen LogP contribution in [0.15, 0.2) is 58.3 Å². The fraction of sp³-hybridized carbons (Fsp3) is 0. The molecule has 2 fully saturated rings. The van der Waals surface area contributed by atoms with E-state index in [1.54, 1.807) is 0 Å². The Morgan fingerprint density at radius 2 is 0.964 bits per heavy atom. The summed E-state index contributed by atoms with van der Waals surface area (Å²) >= 11 is 30.5. The van der Waals surface area contributed by atoms with Gasteiger partial charge in [-0.3, -0.25) is 9.80 Å². The van der Waals surface area contributed by atoms with Crippen LogP contribution in [0.4, 0.5) is 11.4 Å². The molecule has 140 valence electrons. The van der Waals surface area contributed by atoms with Gasteiger partial charge in [-0.25, -0.2) is 0 Å². The van der Waals surface area contributed by atoms with Crippen LogP contribution in [0, 0.1) is 7.14 Å². The molecule has 0 aromatic heterocycles. The first-order valence-electron chi connectivity index (χ1n) is 7.76. The summed E-state index contributed by atoms with van der Waals surface area (Å²) in [5.74, 6) is 0. The molecule has 0 atom stereocenters. The van der Waals surface area contributed by atoms with Gasteiger partial charge in [-0.2, -0.15) is 0 Å². The van der Waals surface area contributed by atoms with Crippen molar-refractivity contribution in [3.63, 3.8) is 0 Å². The summed E-state index contributed by atoms with van der Waals surface area (Å²) in [6.45, 7) is 0. The van der Waals surface area contributed by atoms with E-state index in [-0.39, 0.29) is 0 Å². The molecule has 28 heavy (non-hydrogen) atoms. The normalized spacial score (nSPS) is 19.9. The van der Waals surface area contributed by atoms with Crippen molar-refractivity contribution in [1.29, 1.82) is 0 Å². The minimum atomic E-state index is 0.677. The standard InChI is InChI=1S/C18H8I2N2S6/c19-9-5-1-3-7-11(9)21-15(23)13(27-17(21)25)14-16(24)22(18(26)28-14)12-8-4-2-6-10(12)20/h1-8H/b14-13+. The summed E-state index contributed by atoms with van der Waals surface area (Å²) in [4.78, 5) is 7.06. The van der Waals surface area contributed by atoms with E-state index in [2.05, 4.69) is 45.2 Å². The lowest BCUT2D eigenvalue weighted by Crippen LogP contribution is -2.28. The Labute approximate surface area is 220 Å². The highest BCUT2D eigenvalue weighted by Crippen LogP contribution is 2.46. The molecule has 4 rings (SSSR count). The molecule has 0 saturated carbocycles. The molecule has 0 aliphatic carbocycles. The topological polar surface area (TPSA) is 6.48 Å². The summed E-state index contributed by atoms with van der Waals surface area (Å²) in [7, 11) is 0. The number of thiocarbonyl (C=S) groups is 4. The van der Waals surface area contributed by atoms with Crippen molar-refractivity contribution < 1.29 is 0 Å². The third-order valence-electron chi connectivity index (χ3n) is 3.93. The molecule has 0 unspecified atom stereocenters. The number of halogens is 2. The highest BCUT2D eigenvalue weighted by Gasteiger charge is 2.39. The third kappa shape index (κ3) is 3.83. The molecule has 0 bridgehead atoms. The number of para-hydroxylation sites is 2. The van der Waals surface area contributed by atoms with Gasteiger partial charge in [0.05, 0.1) is 21.2 Å². The number of thioether (sulfide) groups is 2. The Morgan fingerprint density at radius 3 is 1.32 bits per heavy atom. The highest BCUT2D eigenvalue weighted by atomic mass is 127. The van der Waals surface area contributed by atoms with E-state index in [0.29, 0.717) is 18.6 Å². The minimum Gasteiger partial charge on any atom is -0.284 e. The van der Waals surface area contributed by atoms with Crippen molar-refractivity contribution in [2.75, 3.05) is 9.80 Å². The van der Waals surface area contributed by atoms with Crippen molar-refractivity contribution in [3.8, 4) is 0 Å². The molecule has 10 heteroatoms. The predicted octanol–water partition coefficient (Wildman–Crippen LogP) is 7.14. The van der Waals surface area contributed by atoms with Crippen molar-refractivity contribution >= 4 is 148 Å². The fourth-order valence-electron chi connectivity index (χ4n) is 2.69. The molecular formula is C18H8I2N2S6. The van der Waals surface area contributed by atoms with Gasteiger partial charge in [-0.05, 0) is 69.4 Å². The predicted molar refractivity (Wildman–Crippen MR) is 156 cm³/mol. The van der Waals surface area contributed by atoms with Gasteiger partial charge in [-0.15, -0.1) is 0 Å². The van der Waals surface area contributed by atoms with Crippen molar-refractivity contribution in [3.05, 3.63) is 65.5 Å². The van der Waals surface area contributed by atoms with E-state index in [4.69, 9.17) is 48.9 Å². The van der Waals surface area contributed by atoms with Crippen molar-refractivity contribution in [1.82, 2.24) is 0 Å². The molecule has 2 heterocycles. The average Bonchev–Trinajstić information content (AvgIpc) is 3.12. The van der Waals surface area contributed by atoms with Crippen LogP contribution in [0.2, 0.25) is 0 Å². The molecule has 2 aromatic carbocycles. The zero-order valence-electron chi connectivity index (χ0n) is 13.7. The first-order valence-corrected chi connectivity index (χ1v) is 13.2. The number of nitrogens with zero attached hydrogens (tertiary/aromatic N) is 2. The first-order chi connectivity index (χ1) is 13.4. The molecule has 2 aliphatic heterocycles. The van der Waals surface area contributed by atoms with Crippen molar-refractivity contribution in [2.45, 2.75) is 0 Å². The lowest BCUT2D eigenvalue weighted by atomic mass is 10.3. The molecule has 0 spiro atoms.